The van der Waals surface area contributed by atoms with Crippen LogP contribution in [0.5, 0.6) is 0 Å². The second-order valence-corrected chi connectivity index (χ2v) is 3.46. The fourth-order valence-corrected chi connectivity index (χ4v) is 1.64. The Labute approximate surface area is 88.3 Å². The number of fused-ring (bicyclic) bond motifs is 1. The van der Waals surface area contributed by atoms with Crippen LogP contribution in [-0.2, 0) is 4.74 Å². The minimum Gasteiger partial charge on any atom is -0.465 e. The van der Waals surface area contributed by atoms with E-state index in [0.717, 1.165) is 0 Å². The predicted molar refractivity (Wildman–Crippen MR) is 51.8 cm³/mol. The fraction of sp³-hybridized carbons (Fsp3) is 0.125. The average molecular weight is 255 g/mol. The summed E-state index contributed by atoms with van der Waals surface area (Å²) in [4.78, 5) is 11.2. The molecule has 1 heterocycles. The summed E-state index contributed by atoms with van der Waals surface area (Å²) in [6.45, 7) is 0. The van der Waals surface area contributed by atoms with Crippen molar-refractivity contribution >= 4 is 33.3 Å². The number of rotatable bonds is 1. The molecule has 0 spiro atoms. The lowest BCUT2D eigenvalue weighted by molar-refractivity contribution is 0.0600. The third kappa shape index (κ3) is 1.37. The molecule has 6 heteroatoms. The normalized spacial score (nSPS) is 12.1. The van der Waals surface area contributed by atoms with Crippen LogP contribution in [0, 0.1) is 0 Å². The van der Waals surface area contributed by atoms with Gasteiger partial charge >= 0.3 is 5.97 Å². The van der Waals surface area contributed by atoms with E-state index in [1.807, 2.05) is 0 Å². The molecule has 0 N–H and O–H groups in total. The molecule has 0 aliphatic carbocycles. The van der Waals surface area contributed by atoms with E-state index < -0.39 is 5.97 Å². The summed E-state index contributed by atoms with van der Waals surface area (Å²) in [6, 6.07) is 3.22. The zero-order valence-corrected chi connectivity index (χ0v) is 8.78. The van der Waals surface area contributed by atoms with E-state index in [9.17, 15) is 4.79 Å². The van der Waals surface area contributed by atoms with Crippen molar-refractivity contribution in [1.82, 2.24) is 5.43 Å². The van der Waals surface area contributed by atoms with Gasteiger partial charge in [-0.15, -0.1) is 10.5 Å². The van der Waals surface area contributed by atoms with Gasteiger partial charge in [0.25, 0.3) is 0 Å². The summed E-state index contributed by atoms with van der Waals surface area (Å²) < 4.78 is 5.27. The Bertz CT molecular complexity index is 431. The van der Waals surface area contributed by atoms with Crippen molar-refractivity contribution in [2.75, 3.05) is 7.11 Å². The molecule has 0 saturated carbocycles. The number of esters is 1. The van der Waals surface area contributed by atoms with Crippen LogP contribution in [0.3, 0.4) is 0 Å². The van der Waals surface area contributed by atoms with E-state index in [2.05, 4.69) is 36.4 Å². The van der Waals surface area contributed by atoms with E-state index in [0.29, 0.717) is 21.4 Å². The first kappa shape index (κ1) is 9.14. The van der Waals surface area contributed by atoms with Crippen LogP contribution in [0.2, 0.25) is 0 Å². The van der Waals surface area contributed by atoms with Gasteiger partial charge in [-0.25, -0.2) is 4.79 Å². The molecule has 0 bridgehead atoms. The van der Waals surface area contributed by atoms with Crippen molar-refractivity contribution < 1.29 is 9.53 Å². The summed E-state index contributed by atoms with van der Waals surface area (Å²) in [7, 11) is 1.33. The van der Waals surface area contributed by atoms with Gasteiger partial charge in [0.1, 0.15) is 11.4 Å². The molecule has 71 valence electrons. The predicted octanol–water partition coefficient (Wildman–Crippen LogP) is 2.48. The maximum atomic E-state index is 11.2. The standard InChI is InChI=1S/C8H5BrN3O2/c1-14-8(13)4-2-5(9)7-6(3-4)10-12-11-7/h2-3H,1H3. The number of benzene rings is 1. The number of ether oxygens (including phenoxy) is 1. The van der Waals surface area contributed by atoms with Crippen LogP contribution in [0.4, 0.5) is 11.4 Å². The first-order chi connectivity index (χ1) is 6.72. The molecule has 0 fully saturated rings. The molecule has 5 nitrogen and oxygen atoms in total. The lowest BCUT2D eigenvalue weighted by Gasteiger charge is -2.02. The van der Waals surface area contributed by atoms with Crippen molar-refractivity contribution in [2.45, 2.75) is 0 Å². The molecule has 0 atom stereocenters. The Hall–Kier alpha value is -1.43. The first-order valence-electron chi connectivity index (χ1n) is 3.76. The molecule has 0 unspecified atom stereocenters. The third-order valence-electron chi connectivity index (χ3n) is 1.76. The molecule has 1 radical (unpaired) electrons. The molecule has 0 aromatic heterocycles. The maximum absolute atomic E-state index is 11.2. The van der Waals surface area contributed by atoms with Crippen LogP contribution in [0.25, 0.3) is 0 Å². The molecule has 1 aliphatic rings. The molecular formula is C8H5BrN3O2. The van der Waals surface area contributed by atoms with E-state index >= 15 is 0 Å². The van der Waals surface area contributed by atoms with Crippen LogP contribution < -0.4 is 5.43 Å². The first-order valence-corrected chi connectivity index (χ1v) is 4.55. The van der Waals surface area contributed by atoms with Crippen molar-refractivity contribution in [2.24, 2.45) is 10.3 Å². The molecule has 1 aliphatic heterocycles. The van der Waals surface area contributed by atoms with E-state index in [1.165, 1.54) is 7.11 Å². The minimum absolute atomic E-state index is 0.407. The minimum atomic E-state index is -0.407. The lowest BCUT2D eigenvalue weighted by Crippen LogP contribution is -2.00. The van der Waals surface area contributed by atoms with Crippen LogP contribution in [0.1, 0.15) is 10.4 Å². The van der Waals surface area contributed by atoms with Crippen molar-refractivity contribution in [3.05, 3.63) is 22.2 Å². The van der Waals surface area contributed by atoms with Crippen LogP contribution in [-0.4, -0.2) is 13.1 Å². The van der Waals surface area contributed by atoms with Crippen molar-refractivity contribution in [3.8, 4) is 0 Å². The second-order valence-electron chi connectivity index (χ2n) is 2.61. The molecule has 1 aromatic rings. The smallest absolute Gasteiger partial charge is 0.337 e. The number of hydrogen-bond acceptors (Lipinski definition) is 4. The summed E-state index contributed by atoms with van der Waals surface area (Å²) in [6.07, 6.45) is 0. The molecule has 2 rings (SSSR count). The second kappa shape index (κ2) is 3.38. The van der Waals surface area contributed by atoms with E-state index in [4.69, 9.17) is 0 Å². The summed E-state index contributed by atoms with van der Waals surface area (Å²) in [5.74, 6) is -0.407. The highest BCUT2D eigenvalue weighted by atomic mass is 79.9. The SMILES string of the molecule is COC(=O)c1cc(Br)c2c(c1)N=N[N]2. The zero-order valence-electron chi connectivity index (χ0n) is 7.19. The number of nitrogens with zero attached hydrogens (tertiary/aromatic N) is 3. The number of hydrogen-bond donors (Lipinski definition) is 0. The van der Waals surface area contributed by atoms with Gasteiger partial charge < -0.3 is 4.74 Å². The fourth-order valence-electron chi connectivity index (χ4n) is 1.11. The Morgan fingerprint density at radius 3 is 3.00 bits per heavy atom. The van der Waals surface area contributed by atoms with E-state index in [1.54, 1.807) is 12.1 Å². The quantitative estimate of drug-likeness (QED) is 0.723. The van der Waals surface area contributed by atoms with E-state index in [-0.39, 0.29) is 0 Å². The lowest BCUT2D eigenvalue weighted by atomic mass is 10.2. The summed E-state index contributed by atoms with van der Waals surface area (Å²) >= 11 is 3.27. The third-order valence-corrected chi connectivity index (χ3v) is 2.37. The molecule has 0 amide bonds. The number of methoxy groups -OCH3 is 1. The topological polar surface area (TPSA) is 65.1 Å². The largest absolute Gasteiger partial charge is 0.465 e. The number of halogens is 1. The van der Waals surface area contributed by atoms with Crippen LogP contribution >= 0.6 is 15.9 Å². The van der Waals surface area contributed by atoms with Gasteiger partial charge in [-0.1, -0.05) is 0 Å². The van der Waals surface area contributed by atoms with Crippen LogP contribution in [0.15, 0.2) is 26.9 Å². The molecule has 1 aromatic carbocycles. The Kier molecular flexibility index (Phi) is 2.20. The zero-order chi connectivity index (χ0) is 10.1. The van der Waals surface area contributed by atoms with Gasteiger partial charge in [0.2, 0.25) is 0 Å². The molecule has 0 saturated heterocycles. The molecule has 14 heavy (non-hydrogen) atoms. The van der Waals surface area contributed by atoms with Gasteiger partial charge in [-0.3, -0.25) is 0 Å². The Balaban J connectivity index is 2.51. The van der Waals surface area contributed by atoms with Gasteiger partial charge in [-0.05, 0) is 33.3 Å². The highest BCUT2D eigenvalue weighted by Crippen LogP contribution is 2.38. The summed E-state index contributed by atoms with van der Waals surface area (Å²) in [5.41, 5.74) is 5.42. The summed E-state index contributed by atoms with van der Waals surface area (Å²) in [5, 5.41) is 7.26. The number of carbonyl (C=O) groups is 1. The monoisotopic (exact) mass is 254 g/mol. The van der Waals surface area contributed by atoms with Crippen molar-refractivity contribution in [3.63, 3.8) is 0 Å². The highest BCUT2D eigenvalue weighted by Gasteiger charge is 2.17. The molecular weight excluding hydrogens is 250 g/mol. The van der Waals surface area contributed by atoms with Gasteiger partial charge in [-0.2, -0.15) is 0 Å². The van der Waals surface area contributed by atoms with Gasteiger partial charge in [0.05, 0.1) is 12.7 Å². The van der Waals surface area contributed by atoms with Gasteiger partial charge in [0.15, 0.2) is 0 Å². The highest BCUT2D eigenvalue weighted by molar-refractivity contribution is 9.10. The number of carbonyl (C=O) groups excluding carboxylic acids is 1. The Morgan fingerprint density at radius 2 is 2.29 bits per heavy atom. The average Bonchev–Trinajstić information content (AvgIpc) is 2.64. The Morgan fingerprint density at radius 1 is 1.50 bits per heavy atom. The van der Waals surface area contributed by atoms with Gasteiger partial charge in [0, 0.05) is 4.47 Å². The van der Waals surface area contributed by atoms with Crippen molar-refractivity contribution in [1.29, 1.82) is 0 Å². The maximum Gasteiger partial charge on any atom is 0.337 e.